The second-order valence-corrected chi connectivity index (χ2v) is 2.41. The van der Waals surface area contributed by atoms with Crippen LogP contribution in [0.25, 0.3) is 0 Å². The fraction of sp³-hybridized carbons (Fsp3) is 0.100. The highest BCUT2D eigenvalue weighted by Crippen LogP contribution is 2.15. The molecule has 68 valence electrons. The van der Waals surface area contributed by atoms with Gasteiger partial charge in [0.25, 0.3) is 0 Å². The van der Waals surface area contributed by atoms with Crippen LogP contribution in [-0.4, -0.2) is 11.1 Å². The summed E-state index contributed by atoms with van der Waals surface area (Å²) in [4.78, 5) is 10.9. The Hall–Kier alpha value is -1.77. The van der Waals surface area contributed by atoms with Crippen molar-refractivity contribution in [2.45, 2.75) is 6.92 Å². The van der Waals surface area contributed by atoms with E-state index in [4.69, 9.17) is 9.84 Å². The molecule has 0 bridgehead atoms. The van der Waals surface area contributed by atoms with Crippen molar-refractivity contribution >= 4 is 5.97 Å². The molecule has 3 nitrogen and oxygen atoms in total. The highest BCUT2D eigenvalue weighted by Gasteiger charge is 1.98. The largest absolute Gasteiger partial charge is 0.508 e. The highest BCUT2D eigenvalue weighted by molar-refractivity contribution is 5.83. The van der Waals surface area contributed by atoms with Crippen molar-refractivity contribution < 1.29 is 14.6 Å². The molecule has 13 heavy (non-hydrogen) atoms. The van der Waals surface area contributed by atoms with Gasteiger partial charge in [-0.05, 0) is 31.2 Å². The molecule has 0 saturated heterocycles. The van der Waals surface area contributed by atoms with Crippen molar-refractivity contribution in [1.29, 1.82) is 0 Å². The summed E-state index contributed by atoms with van der Waals surface area (Å²) in [5.41, 5.74) is 0. The van der Waals surface area contributed by atoms with Gasteiger partial charge < -0.3 is 9.84 Å². The molecule has 0 heterocycles. The van der Waals surface area contributed by atoms with Gasteiger partial charge >= 0.3 is 5.97 Å². The smallest absolute Gasteiger partial charge is 0.335 e. The van der Waals surface area contributed by atoms with E-state index in [1.807, 2.05) is 0 Å². The predicted molar refractivity (Wildman–Crippen MR) is 48.6 cm³/mol. The third-order valence-corrected chi connectivity index (χ3v) is 1.36. The predicted octanol–water partition coefficient (Wildman–Crippen LogP) is 1.87. The summed E-state index contributed by atoms with van der Waals surface area (Å²) < 4.78 is 4.87. The molecule has 0 unspecified atom stereocenters. The van der Waals surface area contributed by atoms with Crippen LogP contribution < -0.4 is 4.74 Å². The molecule has 0 saturated carbocycles. The maximum Gasteiger partial charge on any atom is 0.335 e. The molecular weight excluding hydrogens is 168 g/mol. The third kappa shape index (κ3) is 2.99. The van der Waals surface area contributed by atoms with E-state index in [-0.39, 0.29) is 5.75 Å². The van der Waals surface area contributed by atoms with Gasteiger partial charge in [0.1, 0.15) is 11.5 Å². The van der Waals surface area contributed by atoms with E-state index in [0.717, 1.165) is 0 Å². The SMILES string of the molecule is C/C=C/C(=O)Oc1ccc(O)cc1. The fourth-order valence-corrected chi connectivity index (χ4v) is 0.800. The van der Waals surface area contributed by atoms with Crippen LogP contribution in [0.5, 0.6) is 11.5 Å². The number of allylic oxidation sites excluding steroid dienone is 1. The van der Waals surface area contributed by atoms with Gasteiger partial charge in [0.2, 0.25) is 0 Å². The Morgan fingerprint density at radius 2 is 2.00 bits per heavy atom. The summed E-state index contributed by atoms with van der Waals surface area (Å²) in [6.07, 6.45) is 2.93. The van der Waals surface area contributed by atoms with Crippen LogP contribution in [0.1, 0.15) is 6.92 Å². The minimum absolute atomic E-state index is 0.144. The van der Waals surface area contributed by atoms with E-state index >= 15 is 0 Å². The van der Waals surface area contributed by atoms with E-state index < -0.39 is 5.97 Å². The van der Waals surface area contributed by atoms with Crippen molar-refractivity contribution in [3.05, 3.63) is 36.4 Å². The zero-order valence-corrected chi connectivity index (χ0v) is 7.23. The Morgan fingerprint density at radius 3 is 2.54 bits per heavy atom. The quantitative estimate of drug-likeness (QED) is 0.427. The molecule has 0 fully saturated rings. The van der Waals surface area contributed by atoms with E-state index in [0.29, 0.717) is 5.75 Å². The van der Waals surface area contributed by atoms with E-state index in [1.165, 1.54) is 30.3 Å². The molecule has 1 rings (SSSR count). The van der Waals surface area contributed by atoms with E-state index in [1.54, 1.807) is 13.0 Å². The van der Waals surface area contributed by atoms with Crippen LogP contribution in [-0.2, 0) is 4.79 Å². The summed E-state index contributed by atoms with van der Waals surface area (Å²) in [6, 6.07) is 5.96. The minimum atomic E-state index is -0.423. The van der Waals surface area contributed by atoms with Gasteiger partial charge in [-0.25, -0.2) is 4.79 Å². The first-order valence-corrected chi connectivity index (χ1v) is 3.86. The van der Waals surface area contributed by atoms with Gasteiger partial charge in [0, 0.05) is 6.08 Å². The number of esters is 1. The van der Waals surface area contributed by atoms with Crippen molar-refractivity contribution in [2.75, 3.05) is 0 Å². The van der Waals surface area contributed by atoms with Gasteiger partial charge in [-0.1, -0.05) is 6.08 Å². The Kier molecular flexibility index (Phi) is 3.09. The lowest BCUT2D eigenvalue weighted by molar-refractivity contribution is -0.129. The van der Waals surface area contributed by atoms with Crippen molar-refractivity contribution in [3.8, 4) is 11.5 Å². The van der Waals surface area contributed by atoms with Gasteiger partial charge in [-0.2, -0.15) is 0 Å². The molecule has 0 aliphatic heterocycles. The van der Waals surface area contributed by atoms with Crippen molar-refractivity contribution in [2.24, 2.45) is 0 Å². The number of hydrogen-bond acceptors (Lipinski definition) is 3. The first kappa shape index (κ1) is 9.32. The average molecular weight is 178 g/mol. The Balaban J connectivity index is 2.64. The van der Waals surface area contributed by atoms with Crippen molar-refractivity contribution in [3.63, 3.8) is 0 Å². The molecule has 0 aliphatic carbocycles. The number of aromatic hydroxyl groups is 1. The van der Waals surface area contributed by atoms with Crippen LogP contribution in [0, 0.1) is 0 Å². The van der Waals surface area contributed by atoms with Crippen LogP contribution in [0.15, 0.2) is 36.4 Å². The average Bonchev–Trinajstić information content (AvgIpc) is 2.09. The second kappa shape index (κ2) is 4.30. The highest BCUT2D eigenvalue weighted by atomic mass is 16.5. The zero-order chi connectivity index (χ0) is 9.68. The minimum Gasteiger partial charge on any atom is -0.508 e. The molecular formula is C10H10O3. The molecule has 0 atom stereocenters. The van der Waals surface area contributed by atoms with E-state index in [2.05, 4.69) is 0 Å². The molecule has 0 radical (unpaired) electrons. The van der Waals surface area contributed by atoms with Crippen LogP contribution >= 0.6 is 0 Å². The number of carbonyl (C=O) groups excluding carboxylic acids is 1. The normalized spacial score (nSPS) is 10.2. The summed E-state index contributed by atoms with van der Waals surface area (Å²) in [6.45, 7) is 1.73. The van der Waals surface area contributed by atoms with Crippen molar-refractivity contribution in [1.82, 2.24) is 0 Å². The maximum absolute atomic E-state index is 10.9. The lowest BCUT2D eigenvalue weighted by Gasteiger charge is -1.99. The molecule has 0 aliphatic rings. The Bertz CT molecular complexity index is 311. The topological polar surface area (TPSA) is 46.5 Å². The molecule has 0 aromatic heterocycles. The number of rotatable bonds is 2. The van der Waals surface area contributed by atoms with Crippen LogP contribution in [0.2, 0.25) is 0 Å². The number of phenolic OH excluding ortho intramolecular Hbond substituents is 1. The molecule has 0 spiro atoms. The number of benzene rings is 1. The zero-order valence-electron chi connectivity index (χ0n) is 7.23. The van der Waals surface area contributed by atoms with Gasteiger partial charge in [0.05, 0.1) is 0 Å². The first-order valence-electron chi connectivity index (χ1n) is 3.86. The molecule has 3 heteroatoms. The van der Waals surface area contributed by atoms with Crippen LogP contribution in [0.4, 0.5) is 0 Å². The van der Waals surface area contributed by atoms with Gasteiger partial charge in [0.15, 0.2) is 0 Å². The molecule has 1 aromatic rings. The molecule has 1 N–H and O–H groups in total. The number of hydrogen-bond donors (Lipinski definition) is 1. The summed E-state index contributed by atoms with van der Waals surface area (Å²) in [5, 5.41) is 8.94. The van der Waals surface area contributed by atoms with Crippen LogP contribution in [0.3, 0.4) is 0 Å². The summed E-state index contributed by atoms with van der Waals surface area (Å²) in [7, 11) is 0. The summed E-state index contributed by atoms with van der Waals surface area (Å²) in [5.74, 6) is 0.139. The third-order valence-electron chi connectivity index (χ3n) is 1.36. The van der Waals surface area contributed by atoms with Gasteiger partial charge in [-0.15, -0.1) is 0 Å². The lowest BCUT2D eigenvalue weighted by atomic mass is 10.3. The molecule has 1 aromatic carbocycles. The monoisotopic (exact) mass is 178 g/mol. The van der Waals surface area contributed by atoms with E-state index in [9.17, 15) is 4.79 Å². The number of carbonyl (C=O) groups is 1. The number of phenols is 1. The Morgan fingerprint density at radius 1 is 1.38 bits per heavy atom. The number of ether oxygens (including phenoxy) is 1. The molecule has 0 amide bonds. The summed E-state index contributed by atoms with van der Waals surface area (Å²) >= 11 is 0. The second-order valence-electron chi connectivity index (χ2n) is 2.41. The fourth-order valence-electron chi connectivity index (χ4n) is 0.800. The lowest BCUT2D eigenvalue weighted by Crippen LogP contribution is -2.02. The standard InChI is InChI=1S/C10H10O3/c1-2-3-10(12)13-9-6-4-8(11)5-7-9/h2-7,11H,1H3/b3-2+. The maximum atomic E-state index is 10.9. The Labute approximate surface area is 76.3 Å². The first-order chi connectivity index (χ1) is 6.22. The van der Waals surface area contributed by atoms with Gasteiger partial charge in [-0.3, -0.25) is 0 Å².